The van der Waals surface area contributed by atoms with Crippen molar-refractivity contribution in [3.63, 3.8) is 0 Å². The molecule has 19 heavy (non-hydrogen) atoms. The molecule has 0 fully saturated rings. The zero-order valence-electron chi connectivity index (χ0n) is 10.5. The highest BCUT2D eigenvalue weighted by atomic mass is 79.9. The second-order valence-corrected chi connectivity index (χ2v) is 4.75. The Morgan fingerprint density at radius 3 is 2.74 bits per heavy atom. The van der Waals surface area contributed by atoms with Gasteiger partial charge in [-0.25, -0.2) is 0 Å². The van der Waals surface area contributed by atoms with Crippen LogP contribution in [0.2, 0.25) is 0 Å². The van der Waals surface area contributed by atoms with Gasteiger partial charge in [-0.1, -0.05) is 18.2 Å². The van der Waals surface area contributed by atoms with Crippen LogP contribution in [0.5, 0.6) is 5.75 Å². The van der Waals surface area contributed by atoms with Gasteiger partial charge in [0.05, 0.1) is 12.2 Å². The Kier molecular flexibility index (Phi) is 4.58. The highest BCUT2D eigenvalue weighted by Gasteiger charge is 2.09. The molecule has 0 unspecified atom stereocenters. The summed E-state index contributed by atoms with van der Waals surface area (Å²) in [4.78, 5) is 12.1. The summed E-state index contributed by atoms with van der Waals surface area (Å²) < 4.78 is 6.17. The van der Waals surface area contributed by atoms with E-state index in [-0.39, 0.29) is 5.91 Å². The minimum Gasteiger partial charge on any atom is -0.494 e. The molecule has 0 atom stereocenters. The van der Waals surface area contributed by atoms with Crippen LogP contribution in [-0.2, 0) is 0 Å². The number of amides is 1. The van der Waals surface area contributed by atoms with Gasteiger partial charge >= 0.3 is 0 Å². The molecule has 0 spiro atoms. The number of carbonyl (C=O) groups is 1. The first kappa shape index (κ1) is 13.6. The number of anilines is 1. The van der Waals surface area contributed by atoms with Crippen molar-refractivity contribution >= 4 is 27.5 Å². The van der Waals surface area contributed by atoms with Crippen molar-refractivity contribution in [3.8, 4) is 5.75 Å². The molecule has 0 saturated carbocycles. The van der Waals surface area contributed by atoms with E-state index in [1.165, 1.54) is 0 Å². The van der Waals surface area contributed by atoms with Crippen molar-refractivity contribution in [1.82, 2.24) is 0 Å². The van der Waals surface area contributed by atoms with E-state index < -0.39 is 0 Å². The molecule has 0 heterocycles. The first-order chi connectivity index (χ1) is 9.20. The summed E-state index contributed by atoms with van der Waals surface area (Å²) in [6, 6.07) is 14.7. The number of nitrogens with one attached hydrogen (secondary N) is 1. The molecule has 2 rings (SSSR count). The molecule has 4 heteroatoms. The number of carbonyl (C=O) groups excluding carboxylic acids is 1. The molecule has 1 amide bonds. The SMILES string of the molecule is CCOc1cccc(NC(=O)c2ccccc2Br)c1. The van der Waals surface area contributed by atoms with Crippen molar-refractivity contribution in [2.75, 3.05) is 11.9 Å². The average Bonchev–Trinajstić information content (AvgIpc) is 2.40. The van der Waals surface area contributed by atoms with Crippen molar-refractivity contribution in [2.24, 2.45) is 0 Å². The second kappa shape index (κ2) is 6.38. The van der Waals surface area contributed by atoms with Crippen molar-refractivity contribution in [1.29, 1.82) is 0 Å². The molecule has 1 N–H and O–H groups in total. The Labute approximate surface area is 120 Å². The van der Waals surface area contributed by atoms with Crippen LogP contribution >= 0.6 is 15.9 Å². The van der Waals surface area contributed by atoms with Crippen LogP contribution in [-0.4, -0.2) is 12.5 Å². The average molecular weight is 320 g/mol. The maximum atomic E-state index is 12.1. The zero-order chi connectivity index (χ0) is 13.7. The molecule has 2 aromatic carbocycles. The summed E-state index contributed by atoms with van der Waals surface area (Å²) in [5.41, 5.74) is 1.32. The van der Waals surface area contributed by atoms with E-state index in [0.717, 1.165) is 10.2 Å². The number of hydrogen-bond donors (Lipinski definition) is 1. The second-order valence-electron chi connectivity index (χ2n) is 3.89. The predicted octanol–water partition coefficient (Wildman–Crippen LogP) is 4.10. The van der Waals surface area contributed by atoms with Crippen LogP contribution in [0, 0.1) is 0 Å². The van der Waals surface area contributed by atoms with Crippen LogP contribution in [0.25, 0.3) is 0 Å². The summed E-state index contributed by atoms with van der Waals surface area (Å²) >= 11 is 3.36. The topological polar surface area (TPSA) is 38.3 Å². The predicted molar refractivity (Wildman–Crippen MR) is 79.7 cm³/mol. The van der Waals surface area contributed by atoms with E-state index in [2.05, 4.69) is 21.2 Å². The van der Waals surface area contributed by atoms with Gasteiger partial charge in [0.1, 0.15) is 5.75 Å². The zero-order valence-corrected chi connectivity index (χ0v) is 12.1. The Bertz CT molecular complexity index is 584. The van der Waals surface area contributed by atoms with Gasteiger partial charge < -0.3 is 10.1 Å². The molecule has 0 aliphatic carbocycles. The lowest BCUT2D eigenvalue weighted by Gasteiger charge is -2.08. The highest BCUT2D eigenvalue weighted by Crippen LogP contribution is 2.20. The molecule has 0 aliphatic rings. The van der Waals surface area contributed by atoms with Gasteiger partial charge in [-0.15, -0.1) is 0 Å². The van der Waals surface area contributed by atoms with Crippen LogP contribution in [0.4, 0.5) is 5.69 Å². The van der Waals surface area contributed by atoms with Gasteiger partial charge in [0.2, 0.25) is 0 Å². The van der Waals surface area contributed by atoms with Gasteiger partial charge in [0, 0.05) is 16.2 Å². The Balaban J connectivity index is 2.15. The lowest BCUT2D eigenvalue weighted by atomic mass is 10.2. The van der Waals surface area contributed by atoms with E-state index >= 15 is 0 Å². The van der Waals surface area contributed by atoms with Crippen LogP contribution in [0.3, 0.4) is 0 Å². The minimum absolute atomic E-state index is 0.152. The lowest BCUT2D eigenvalue weighted by Crippen LogP contribution is -2.12. The molecule has 0 aliphatic heterocycles. The number of rotatable bonds is 4. The largest absolute Gasteiger partial charge is 0.494 e. The number of halogens is 1. The molecular formula is C15H14BrNO2. The van der Waals surface area contributed by atoms with Gasteiger partial charge in [-0.2, -0.15) is 0 Å². The third-order valence-electron chi connectivity index (χ3n) is 2.52. The first-order valence-corrected chi connectivity index (χ1v) is 6.78. The molecule has 0 aromatic heterocycles. The van der Waals surface area contributed by atoms with E-state index in [9.17, 15) is 4.79 Å². The Morgan fingerprint density at radius 2 is 2.00 bits per heavy atom. The van der Waals surface area contributed by atoms with Gasteiger partial charge in [0.15, 0.2) is 0 Å². The lowest BCUT2D eigenvalue weighted by molar-refractivity contribution is 0.102. The first-order valence-electron chi connectivity index (χ1n) is 5.99. The maximum absolute atomic E-state index is 12.1. The fourth-order valence-electron chi connectivity index (χ4n) is 1.67. The summed E-state index contributed by atoms with van der Waals surface area (Å²) in [6.45, 7) is 2.52. The Morgan fingerprint density at radius 1 is 1.21 bits per heavy atom. The van der Waals surface area contributed by atoms with Crippen molar-refractivity contribution < 1.29 is 9.53 Å². The summed E-state index contributed by atoms with van der Waals surface area (Å²) in [6.07, 6.45) is 0. The molecular weight excluding hydrogens is 306 g/mol. The van der Waals surface area contributed by atoms with Crippen molar-refractivity contribution in [3.05, 3.63) is 58.6 Å². The Hall–Kier alpha value is -1.81. The van der Waals surface area contributed by atoms with Crippen LogP contribution < -0.4 is 10.1 Å². The monoisotopic (exact) mass is 319 g/mol. The van der Waals surface area contributed by atoms with Crippen LogP contribution in [0.1, 0.15) is 17.3 Å². The van der Waals surface area contributed by atoms with Crippen LogP contribution in [0.15, 0.2) is 53.0 Å². The number of hydrogen-bond acceptors (Lipinski definition) is 2. The quantitative estimate of drug-likeness (QED) is 0.921. The van der Waals surface area contributed by atoms with E-state index in [0.29, 0.717) is 17.9 Å². The third-order valence-corrected chi connectivity index (χ3v) is 3.21. The smallest absolute Gasteiger partial charge is 0.256 e. The molecule has 2 aromatic rings. The molecule has 0 radical (unpaired) electrons. The van der Waals surface area contributed by atoms with E-state index in [1.54, 1.807) is 12.1 Å². The molecule has 0 bridgehead atoms. The third kappa shape index (κ3) is 3.58. The summed E-state index contributed by atoms with van der Waals surface area (Å²) in [5.74, 6) is 0.591. The normalized spacial score (nSPS) is 10.0. The molecule has 98 valence electrons. The van der Waals surface area contributed by atoms with Gasteiger partial charge in [-0.3, -0.25) is 4.79 Å². The highest BCUT2D eigenvalue weighted by molar-refractivity contribution is 9.10. The summed E-state index contributed by atoms with van der Waals surface area (Å²) in [7, 11) is 0. The fraction of sp³-hybridized carbons (Fsp3) is 0.133. The van der Waals surface area contributed by atoms with Gasteiger partial charge in [0.25, 0.3) is 5.91 Å². The number of benzene rings is 2. The van der Waals surface area contributed by atoms with E-state index in [1.807, 2.05) is 43.3 Å². The minimum atomic E-state index is -0.152. The summed E-state index contributed by atoms with van der Waals surface area (Å²) in [5, 5.41) is 2.85. The standard InChI is InChI=1S/C15H14BrNO2/c1-2-19-12-7-5-6-11(10-12)17-15(18)13-8-3-4-9-14(13)16/h3-10H,2H2,1H3,(H,17,18). The number of ether oxygens (including phenoxy) is 1. The van der Waals surface area contributed by atoms with E-state index in [4.69, 9.17) is 4.74 Å². The fourth-order valence-corrected chi connectivity index (χ4v) is 2.14. The van der Waals surface area contributed by atoms with Crippen molar-refractivity contribution in [2.45, 2.75) is 6.92 Å². The molecule has 0 saturated heterocycles. The molecule has 3 nitrogen and oxygen atoms in total. The maximum Gasteiger partial charge on any atom is 0.256 e. The van der Waals surface area contributed by atoms with Gasteiger partial charge in [-0.05, 0) is 47.1 Å².